The van der Waals surface area contributed by atoms with E-state index in [9.17, 15) is 0 Å². The van der Waals surface area contributed by atoms with Crippen molar-refractivity contribution in [3.05, 3.63) is 11.9 Å². The van der Waals surface area contributed by atoms with Gasteiger partial charge in [-0.1, -0.05) is 6.92 Å². The molecule has 0 saturated heterocycles. The quantitative estimate of drug-likeness (QED) is 0.726. The monoisotopic (exact) mass is 257 g/mol. The van der Waals surface area contributed by atoms with Crippen LogP contribution in [0.1, 0.15) is 19.0 Å². The Labute approximate surface area is 108 Å². The highest BCUT2D eigenvalue weighted by atomic mass is 32.2. The van der Waals surface area contributed by atoms with E-state index >= 15 is 0 Å². The van der Waals surface area contributed by atoms with Crippen molar-refractivity contribution < 1.29 is 4.74 Å². The number of thioether (sulfide) groups is 1. The first-order valence-corrected chi connectivity index (χ1v) is 7.25. The minimum Gasteiger partial charge on any atom is -0.385 e. The average Bonchev–Trinajstić information content (AvgIpc) is 2.65. The van der Waals surface area contributed by atoms with Crippen molar-refractivity contribution in [2.75, 3.05) is 31.8 Å². The summed E-state index contributed by atoms with van der Waals surface area (Å²) in [5.74, 6) is 0.972. The maximum atomic E-state index is 5.03. The molecule has 0 aliphatic heterocycles. The van der Waals surface area contributed by atoms with Crippen molar-refractivity contribution in [3.8, 4) is 0 Å². The zero-order valence-electron chi connectivity index (χ0n) is 11.2. The number of rotatable bonds is 8. The van der Waals surface area contributed by atoms with E-state index in [2.05, 4.69) is 34.2 Å². The van der Waals surface area contributed by atoms with Crippen molar-refractivity contribution in [2.24, 2.45) is 0 Å². The van der Waals surface area contributed by atoms with Gasteiger partial charge in [-0.3, -0.25) is 0 Å². The number of methoxy groups -OCH3 is 1. The third kappa shape index (κ3) is 5.00. The summed E-state index contributed by atoms with van der Waals surface area (Å²) in [6.07, 6.45) is 5.24. The Morgan fingerprint density at radius 3 is 3.00 bits per heavy atom. The molecule has 0 amide bonds. The first kappa shape index (κ1) is 14.4. The van der Waals surface area contributed by atoms with Gasteiger partial charge < -0.3 is 14.6 Å². The third-order valence-corrected chi connectivity index (χ3v) is 3.52. The van der Waals surface area contributed by atoms with Gasteiger partial charge in [0.15, 0.2) is 0 Å². The fraction of sp³-hybridized carbons (Fsp3) is 0.750. The summed E-state index contributed by atoms with van der Waals surface area (Å²) in [5.41, 5.74) is 1.06. The van der Waals surface area contributed by atoms with Crippen LogP contribution in [-0.4, -0.2) is 41.3 Å². The number of anilines is 1. The minimum absolute atomic E-state index is 0.600. The molecular weight excluding hydrogens is 234 g/mol. The largest absolute Gasteiger partial charge is 0.385 e. The smallest absolute Gasteiger partial charge is 0.203 e. The molecule has 0 aliphatic carbocycles. The van der Waals surface area contributed by atoms with Gasteiger partial charge in [0, 0.05) is 38.3 Å². The third-order valence-electron chi connectivity index (χ3n) is 2.56. The lowest BCUT2D eigenvalue weighted by Crippen LogP contribution is -2.14. The molecule has 1 rings (SSSR count). The molecule has 0 aliphatic rings. The molecule has 0 saturated carbocycles. The van der Waals surface area contributed by atoms with E-state index in [0.29, 0.717) is 5.25 Å². The Hall–Kier alpha value is -0.680. The van der Waals surface area contributed by atoms with E-state index in [1.807, 2.05) is 18.7 Å². The number of aromatic nitrogens is 2. The van der Waals surface area contributed by atoms with Crippen LogP contribution in [0.4, 0.5) is 5.95 Å². The summed E-state index contributed by atoms with van der Waals surface area (Å²) in [7, 11) is 1.73. The molecule has 0 spiro atoms. The van der Waals surface area contributed by atoms with Crippen molar-refractivity contribution in [2.45, 2.75) is 32.1 Å². The molecule has 5 heteroatoms. The van der Waals surface area contributed by atoms with Gasteiger partial charge in [0.05, 0.1) is 5.69 Å². The number of nitrogens with zero attached hydrogens (tertiary/aromatic N) is 2. The van der Waals surface area contributed by atoms with Crippen molar-refractivity contribution in [1.82, 2.24) is 9.55 Å². The molecule has 1 atom stereocenters. The van der Waals surface area contributed by atoms with E-state index < -0.39 is 0 Å². The molecule has 0 radical (unpaired) electrons. The topological polar surface area (TPSA) is 39.1 Å². The Kier molecular flexibility index (Phi) is 6.44. The zero-order chi connectivity index (χ0) is 12.7. The van der Waals surface area contributed by atoms with Crippen LogP contribution in [0.5, 0.6) is 0 Å². The molecule has 1 unspecified atom stereocenters. The minimum atomic E-state index is 0.600. The maximum Gasteiger partial charge on any atom is 0.203 e. The van der Waals surface area contributed by atoms with Gasteiger partial charge in [-0.05, 0) is 19.6 Å². The highest BCUT2D eigenvalue weighted by Gasteiger charge is 2.08. The number of nitrogens with one attached hydrogen (secondary N) is 1. The normalized spacial score (nSPS) is 12.7. The zero-order valence-corrected chi connectivity index (χ0v) is 12.0. The molecule has 4 nitrogen and oxygen atoms in total. The summed E-state index contributed by atoms with van der Waals surface area (Å²) in [5, 5.41) is 3.96. The second-order valence-corrected chi connectivity index (χ2v) is 5.45. The fourth-order valence-electron chi connectivity index (χ4n) is 1.60. The Morgan fingerprint density at radius 1 is 1.59 bits per heavy atom. The van der Waals surface area contributed by atoms with E-state index in [0.717, 1.165) is 37.8 Å². The predicted octanol–water partition coefficient (Wildman–Crippen LogP) is 2.39. The molecule has 0 bridgehead atoms. The lowest BCUT2D eigenvalue weighted by molar-refractivity contribution is 0.197. The number of hydrogen-bond acceptors (Lipinski definition) is 4. The molecule has 17 heavy (non-hydrogen) atoms. The van der Waals surface area contributed by atoms with Crippen molar-refractivity contribution in [3.63, 3.8) is 0 Å². The van der Waals surface area contributed by atoms with Crippen LogP contribution in [0.2, 0.25) is 0 Å². The van der Waals surface area contributed by atoms with Gasteiger partial charge in [-0.2, -0.15) is 11.8 Å². The summed E-state index contributed by atoms with van der Waals surface area (Å²) < 4.78 is 7.22. The van der Waals surface area contributed by atoms with Gasteiger partial charge >= 0.3 is 0 Å². The molecule has 1 aromatic rings. The van der Waals surface area contributed by atoms with E-state index in [4.69, 9.17) is 4.74 Å². The van der Waals surface area contributed by atoms with Crippen LogP contribution < -0.4 is 5.32 Å². The molecule has 1 N–H and O–H groups in total. The van der Waals surface area contributed by atoms with Crippen LogP contribution in [0.15, 0.2) is 6.20 Å². The average molecular weight is 257 g/mol. The van der Waals surface area contributed by atoms with E-state index in [-0.39, 0.29) is 0 Å². The first-order chi connectivity index (χ1) is 8.17. The van der Waals surface area contributed by atoms with Crippen LogP contribution >= 0.6 is 11.8 Å². The first-order valence-electron chi connectivity index (χ1n) is 5.96. The van der Waals surface area contributed by atoms with Gasteiger partial charge in [0.1, 0.15) is 0 Å². The van der Waals surface area contributed by atoms with E-state index in [1.54, 1.807) is 7.11 Å². The van der Waals surface area contributed by atoms with Gasteiger partial charge in [-0.25, -0.2) is 4.98 Å². The molecule has 1 heterocycles. The van der Waals surface area contributed by atoms with Crippen molar-refractivity contribution in [1.29, 1.82) is 0 Å². The van der Waals surface area contributed by atoms with Gasteiger partial charge in [-0.15, -0.1) is 0 Å². The number of aryl methyl sites for hydroxylation is 1. The van der Waals surface area contributed by atoms with Crippen LogP contribution in [0, 0.1) is 6.92 Å². The Balaban J connectivity index is 2.51. The predicted molar refractivity (Wildman–Crippen MR) is 74.9 cm³/mol. The highest BCUT2D eigenvalue weighted by molar-refractivity contribution is 7.99. The Bertz CT molecular complexity index is 328. The maximum absolute atomic E-state index is 5.03. The van der Waals surface area contributed by atoms with E-state index in [1.165, 1.54) is 0 Å². The lowest BCUT2D eigenvalue weighted by Gasteiger charge is -2.13. The van der Waals surface area contributed by atoms with Gasteiger partial charge in [0.25, 0.3) is 0 Å². The Morgan fingerprint density at radius 2 is 2.35 bits per heavy atom. The standard InChI is InChI=1S/C12H23N3OS/c1-10-8-15(9-11(2)17-4)12(14-10)13-6-5-7-16-3/h8,11H,5-7,9H2,1-4H3,(H,13,14). The molecule has 0 aromatic carbocycles. The van der Waals surface area contributed by atoms with Crippen LogP contribution in [0.25, 0.3) is 0 Å². The van der Waals surface area contributed by atoms with Crippen LogP contribution in [-0.2, 0) is 11.3 Å². The lowest BCUT2D eigenvalue weighted by atomic mass is 10.4. The number of ether oxygens (including phenoxy) is 1. The van der Waals surface area contributed by atoms with Gasteiger partial charge in [0.2, 0.25) is 5.95 Å². The summed E-state index contributed by atoms with van der Waals surface area (Å²) in [6.45, 7) is 6.94. The SMILES string of the molecule is COCCCNc1nc(C)cn1CC(C)SC. The highest BCUT2D eigenvalue weighted by Crippen LogP contribution is 2.14. The van der Waals surface area contributed by atoms with Crippen LogP contribution in [0.3, 0.4) is 0 Å². The molecule has 1 aromatic heterocycles. The fourth-order valence-corrected chi connectivity index (χ4v) is 1.90. The van der Waals surface area contributed by atoms with Crippen molar-refractivity contribution >= 4 is 17.7 Å². The molecular formula is C12H23N3OS. The summed E-state index contributed by atoms with van der Waals surface area (Å²) >= 11 is 1.87. The second kappa shape index (κ2) is 7.61. The number of hydrogen-bond donors (Lipinski definition) is 1. The number of imidazole rings is 1. The summed E-state index contributed by atoms with van der Waals surface area (Å²) in [6, 6.07) is 0. The molecule has 98 valence electrons. The second-order valence-electron chi connectivity index (χ2n) is 4.18. The molecule has 0 fully saturated rings. The summed E-state index contributed by atoms with van der Waals surface area (Å²) in [4.78, 5) is 4.50.